The van der Waals surface area contributed by atoms with Crippen molar-refractivity contribution in [1.82, 2.24) is 10.2 Å². The van der Waals surface area contributed by atoms with E-state index in [4.69, 9.17) is 17.3 Å². The molecule has 9 heteroatoms. The molecule has 0 aliphatic carbocycles. The summed E-state index contributed by atoms with van der Waals surface area (Å²) in [7, 11) is -0.631. The molecule has 3 rings (SSSR count). The number of nitrogens with one attached hydrogen (secondary N) is 2. The molecule has 4 N–H and O–H groups in total. The Hall–Kier alpha value is -2.55. The molecule has 0 saturated carbocycles. The first kappa shape index (κ1) is 22.1. The minimum atomic E-state index is -2.54. The minimum Gasteiger partial charge on any atom is -0.385 e. The van der Waals surface area contributed by atoms with Gasteiger partial charge in [0.1, 0.15) is 5.84 Å². The molecule has 0 amide bonds. The van der Waals surface area contributed by atoms with Gasteiger partial charge in [0.2, 0.25) is 0 Å². The van der Waals surface area contributed by atoms with E-state index in [1.165, 1.54) is 0 Å². The molecule has 0 aromatic heterocycles. The lowest BCUT2D eigenvalue weighted by Crippen LogP contribution is -2.42. The van der Waals surface area contributed by atoms with Gasteiger partial charge in [0.05, 0.1) is 10.6 Å². The first-order valence-corrected chi connectivity index (χ1v) is 11.2. The predicted octanol–water partition coefficient (Wildman–Crippen LogP) is 2.64. The number of hydrogen-bond donors (Lipinski definition) is 4. The summed E-state index contributed by atoms with van der Waals surface area (Å²) in [4.78, 5) is 6.73. The van der Waals surface area contributed by atoms with E-state index in [1.54, 1.807) is 24.3 Å². The number of rotatable bonds is 7. The van der Waals surface area contributed by atoms with E-state index in [2.05, 4.69) is 15.6 Å². The van der Waals surface area contributed by atoms with Crippen molar-refractivity contribution in [3.05, 3.63) is 64.7 Å². The normalized spacial score (nSPS) is 16.3. The molecular weight excluding hydrogens is 422 g/mol. The fourth-order valence-corrected chi connectivity index (χ4v) is 3.70. The van der Waals surface area contributed by atoms with Gasteiger partial charge in [0.25, 0.3) is 0 Å². The van der Waals surface area contributed by atoms with Gasteiger partial charge < -0.3 is 15.5 Å². The molecule has 1 atom stereocenters. The van der Waals surface area contributed by atoms with E-state index in [0.29, 0.717) is 16.5 Å². The molecule has 1 heterocycles. The lowest BCUT2D eigenvalue weighted by atomic mass is 10.0. The van der Waals surface area contributed by atoms with Gasteiger partial charge in [-0.25, -0.2) is 13.4 Å². The number of nitrogens with two attached hydrogens (primary N) is 1. The molecule has 30 heavy (non-hydrogen) atoms. The van der Waals surface area contributed by atoms with Crippen molar-refractivity contribution < 1.29 is 8.42 Å². The smallest absolute Gasteiger partial charge is 0.175 e. The average molecular weight is 448 g/mol. The minimum absolute atomic E-state index is 0.311. The fraction of sp³-hybridized carbons (Fsp3) is 0.286. The second-order valence-electron chi connectivity index (χ2n) is 6.99. The van der Waals surface area contributed by atoms with Gasteiger partial charge in [0.15, 0.2) is 17.0 Å². The molecule has 2 aromatic carbocycles. The lowest BCUT2D eigenvalue weighted by molar-refractivity contribution is 0.362. The van der Waals surface area contributed by atoms with Crippen LogP contribution >= 0.6 is 11.6 Å². The molecule has 1 unspecified atom stereocenters. The number of anilines is 1. The first-order chi connectivity index (χ1) is 14.4. The van der Waals surface area contributed by atoms with Crippen LogP contribution in [0.1, 0.15) is 17.5 Å². The molecule has 0 radical (unpaired) electrons. The molecule has 160 valence electrons. The van der Waals surface area contributed by atoms with Crippen LogP contribution in [0.2, 0.25) is 5.02 Å². The summed E-state index contributed by atoms with van der Waals surface area (Å²) in [6, 6.07) is 12.5. The maximum Gasteiger partial charge on any atom is 0.175 e. The molecule has 1 aliphatic rings. The molecule has 1 aliphatic heterocycles. The molecule has 0 bridgehead atoms. The maximum atomic E-state index is 10.9. The Morgan fingerprint density at radius 1 is 1.13 bits per heavy atom. The number of aliphatic imine (C=N–C) groups is 1. The molecule has 7 nitrogen and oxygen atoms in total. The van der Waals surface area contributed by atoms with Gasteiger partial charge in [-0.2, -0.15) is 0 Å². The van der Waals surface area contributed by atoms with Crippen LogP contribution in [0, 0.1) is 6.92 Å². The zero-order chi connectivity index (χ0) is 21.7. The summed E-state index contributed by atoms with van der Waals surface area (Å²) in [5.41, 5.74) is 10.1. The van der Waals surface area contributed by atoms with E-state index >= 15 is 0 Å². The Bertz CT molecular complexity index is 1030. The molecule has 2 aromatic rings. The van der Waals surface area contributed by atoms with E-state index in [9.17, 15) is 8.42 Å². The second kappa shape index (κ2) is 9.97. The lowest BCUT2D eigenvalue weighted by Gasteiger charge is -2.31. The quantitative estimate of drug-likeness (QED) is 0.384. The topological polar surface area (TPSA) is 99.8 Å². The van der Waals surface area contributed by atoms with Gasteiger partial charge in [-0.1, -0.05) is 23.7 Å². The van der Waals surface area contributed by atoms with Crippen molar-refractivity contribution in [3.63, 3.8) is 0 Å². The van der Waals surface area contributed by atoms with E-state index in [-0.39, 0.29) is 0 Å². The second-order valence-corrected chi connectivity index (χ2v) is 8.43. The number of hydrogen-bond acceptors (Lipinski definition) is 7. The van der Waals surface area contributed by atoms with Crippen LogP contribution in [0.5, 0.6) is 0 Å². The third-order valence-electron chi connectivity index (χ3n) is 4.93. The van der Waals surface area contributed by atoms with Crippen molar-refractivity contribution in [2.24, 2.45) is 10.7 Å². The number of nitrogens with zero attached hydrogens (tertiary/aromatic N) is 2. The average Bonchev–Trinajstić information content (AvgIpc) is 2.73. The standard InChI is InChI=1S/C21H26ClN5O2S/c1-14-17(5-3-6-18(14)22)19-13-20(26-21(23)27(19)2)25-12-4-11-24-15-7-9-16(10-8-15)30(28)29/h3,5-10,13,21,24,30H,4,11-12,23H2,1-2H3,(H,25,26). The van der Waals surface area contributed by atoms with E-state index in [1.807, 2.05) is 43.1 Å². The van der Waals surface area contributed by atoms with Crippen molar-refractivity contribution in [1.29, 1.82) is 0 Å². The summed E-state index contributed by atoms with van der Waals surface area (Å²) < 4.78 is 21.9. The van der Waals surface area contributed by atoms with Gasteiger partial charge >= 0.3 is 0 Å². The Morgan fingerprint density at radius 2 is 1.83 bits per heavy atom. The Balaban J connectivity index is 1.56. The molecule has 0 fully saturated rings. The van der Waals surface area contributed by atoms with Gasteiger partial charge in [0, 0.05) is 42.5 Å². The zero-order valence-corrected chi connectivity index (χ0v) is 18.6. The van der Waals surface area contributed by atoms with Gasteiger partial charge in [-0.15, -0.1) is 0 Å². The van der Waals surface area contributed by atoms with Crippen LogP contribution in [0.25, 0.3) is 5.70 Å². The molecule has 0 spiro atoms. The van der Waals surface area contributed by atoms with Crippen molar-refractivity contribution in [2.45, 2.75) is 24.5 Å². The first-order valence-electron chi connectivity index (χ1n) is 9.62. The highest BCUT2D eigenvalue weighted by Crippen LogP contribution is 2.28. The Labute approximate surface area is 183 Å². The fourth-order valence-electron chi connectivity index (χ4n) is 3.13. The Kier molecular flexibility index (Phi) is 7.36. The third kappa shape index (κ3) is 5.33. The number of benzene rings is 2. The van der Waals surface area contributed by atoms with Crippen molar-refractivity contribution in [3.8, 4) is 0 Å². The zero-order valence-electron chi connectivity index (χ0n) is 16.9. The summed E-state index contributed by atoms with van der Waals surface area (Å²) in [5, 5.41) is 7.32. The summed E-state index contributed by atoms with van der Waals surface area (Å²) in [5.74, 6) is 0.735. The largest absolute Gasteiger partial charge is 0.385 e. The summed E-state index contributed by atoms with van der Waals surface area (Å²) in [6.45, 7) is 3.44. The number of amidine groups is 1. The van der Waals surface area contributed by atoms with Crippen LogP contribution < -0.4 is 16.4 Å². The number of halogens is 1. The monoisotopic (exact) mass is 447 g/mol. The highest BCUT2D eigenvalue weighted by molar-refractivity contribution is 7.72. The SMILES string of the molecule is Cc1c(Cl)cccc1C1=CC(NCCCNc2ccc([SH](=O)=O)cc2)=NC(N)N1C. The van der Waals surface area contributed by atoms with Crippen molar-refractivity contribution >= 4 is 39.5 Å². The highest BCUT2D eigenvalue weighted by Gasteiger charge is 2.21. The van der Waals surface area contributed by atoms with Crippen LogP contribution in [-0.2, 0) is 10.7 Å². The maximum absolute atomic E-state index is 10.9. The van der Waals surface area contributed by atoms with Gasteiger partial charge in [-0.05, 0) is 49.2 Å². The third-order valence-corrected chi connectivity index (χ3v) is 6.06. The number of thiol groups is 1. The van der Waals surface area contributed by atoms with Crippen LogP contribution in [-0.4, -0.2) is 45.6 Å². The van der Waals surface area contributed by atoms with Crippen molar-refractivity contribution in [2.75, 3.05) is 25.5 Å². The van der Waals surface area contributed by atoms with E-state index in [0.717, 1.165) is 41.3 Å². The Morgan fingerprint density at radius 3 is 2.53 bits per heavy atom. The van der Waals surface area contributed by atoms with Crippen LogP contribution in [0.3, 0.4) is 0 Å². The van der Waals surface area contributed by atoms with Gasteiger partial charge in [-0.3, -0.25) is 5.73 Å². The molecular formula is C21H26ClN5O2S. The highest BCUT2D eigenvalue weighted by atomic mass is 35.5. The predicted molar refractivity (Wildman–Crippen MR) is 123 cm³/mol. The van der Waals surface area contributed by atoms with Crippen LogP contribution in [0.4, 0.5) is 5.69 Å². The summed E-state index contributed by atoms with van der Waals surface area (Å²) >= 11 is 6.29. The van der Waals surface area contributed by atoms with Crippen LogP contribution in [0.15, 0.2) is 58.4 Å². The molecule has 0 saturated heterocycles. The summed E-state index contributed by atoms with van der Waals surface area (Å²) in [6.07, 6.45) is 2.36. The van der Waals surface area contributed by atoms with E-state index < -0.39 is 17.0 Å².